The Labute approximate surface area is 147 Å². The van der Waals surface area contributed by atoms with Crippen molar-refractivity contribution >= 4 is 23.2 Å². The zero-order valence-electron chi connectivity index (χ0n) is 14.5. The van der Waals surface area contributed by atoms with E-state index in [-0.39, 0.29) is 24.2 Å². The monoisotopic (exact) mass is 338 g/mol. The van der Waals surface area contributed by atoms with E-state index < -0.39 is 0 Å². The number of aryl methyl sites for hydroxylation is 1. The normalized spacial score (nSPS) is 16.8. The maximum absolute atomic E-state index is 12.5. The van der Waals surface area contributed by atoms with E-state index >= 15 is 0 Å². The highest BCUT2D eigenvalue weighted by molar-refractivity contribution is 6.04. The topological polar surface area (TPSA) is 58.6 Å². The predicted molar refractivity (Wildman–Crippen MR) is 97.9 cm³/mol. The number of hydrogen-bond donors (Lipinski definition) is 1. The maximum atomic E-state index is 12.5. The number of rotatable bonds is 5. The summed E-state index contributed by atoms with van der Waals surface area (Å²) in [6, 6.07) is 15.1. The molecule has 1 atom stereocenters. The second kappa shape index (κ2) is 7.38. The summed E-state index contributed by atoms with van der Waals surface area (Å²) in [4.78, 5) is 26.6. The molecule has 5 nitrogen and oxygen atoms in total. The molecule has 1 N–H and O–H groups in total. The molecule has 25 heavy (non-hydrogen) atoms. The predicted octanol–water partition coefficient (Wildman–Crippen LogP) is 3.39. The van der Waals surface area contributed by atoms with Crippen LogP contribution in [0, 0.1) is 12.8 Å². The van der Waals surface area contributed by atoms with Gasteiger partial charge in [-0.1, -0.05) is 24.3 Å². The van der Waals surface area contributed by atoms with Crippen LogP contribution < -0.4 is 15.0 Å². The van der Waals surface area contributed by atoms with E-state index in [1.54, 1.807) is 4.90 Å². The first-order chi connectivity index (χ1) is 12.1. The minimum atomic E-state index is -0.373. The molecule has 0 saturated carbocycles. The molecule has 0 radical (unpaired) electrons. The SMILES string of the molecule is CCOc1ccccc1N1C[C@H](C(=O)Nc2cccc(C)c2)CC1=O. The lowest BCUT2D eigenvalue weighted by molar-refractivity contribution is -0.122. The third-order valence-electron chi connectivity index (χ3n) is 4.24. The minimum absolute atomic E-state index is 0.0588. The van der Waals surface area contributed by atoms with Gasteiger partial charge < -0.3 is 15.0 Å². The van der Waals surface area contributed by atoms with E-state index in [0.29, 0.717) is 18.9 Å². The third kappa shape index (κ3) is 3.82. The highest BCUT2D eigenvalue weighted by Crippen LogP contribution is 2.33. The highest BCUT2D eigenvalue weighted by Gasteiger charge is 2.36. The molecule has 2 amide bonds. The molecule has 1 heterocycles. The van der Waals surface area contributed by atoms with Crippen LogP contribution in [0.4, 0.5) is 11.4 Å². The summed E-state index contributed by atoms with van der Waals surface area (Å²) in [6.07, 6.45) is 0.206. The zero-order valence-corrected chi connectivity index (χ0v) is 14.5. The van der Waals surface area contributed by atoms with Crippen molar-refractivity contribution < 1.29 is 14.3 Å². The number of hydrogen-bond acceptors (Lipinski definition) is 3. The first-order valence-electron chi connectivity index (χ1n) is 8.48. The summed E-state index contributed by atoms with van der Waals surface area (Å²) in [5.41, 5.74) is 2.55. The molecule has 1 aliphatic heterocycles. The van der Waals surface area contributed by atoms with Gasteiger partial charge in [0.2, 0.25) is 11.8 Å². The van der Waals surface area contributed by atoms with E-state index in [1.165, 1.54) is 0 Å². The fraction of sp³-hybridized carbons (Fsp3) is 0.300. The van der Waals surface area contributed by atoms with E-state index in [4.69, 9.17) is 4.74 Å². The van der Waals surface area contributed by atoms with Crippen molar-refractivity contribution in [1.82, 2.24) is 0 Å². The maximum Gasteiger partial charge on any atom is 0.229 e. The van der Waals surface area contributed by atoms with Gasteiger partial charge in [-0.05, 0) is 43.7 Å². The van der Waals surface area contributed by atoms with Gasteiger partial charge in [0.1, 0.15) is 5.75 Å². The molecule has 1 saturated heterocycles. The van der Waals surface area contributed by atoms with Crippen molar-refractivity contribution in [2.45, 2.75) is 20.3 Å². The van der Waals surface area contributed by atoms with Gasteiger partial charge in [0.15, 0.2) is 0 Å². The van der Waals surface area contributed by atoms with E-state index in [1.807, 2.05) is 62.4 Å². The van der Waals surface area contributed by atoms with Gasteiger partial charge in [-0.25, -0.2) is 0 Å². The molecule has 130 valence electrons. The average molecular weight is 338 g/mol. The Morgan fingerprint density at radius 3 is 2.80 bits per heavy atom. The summed E-state index contributed by atoms with van der Waals surface area (Å²) in [7, 11) is 0. The molecular formula is C20H22N2O3. The van der Waals surface area contributed by atoms with Crippen molar-refractivity contribution in [3.8, 4) is 5.75 Å². The van der Waals surface area contributed by atoms with Gasteiger partial charge in [0, 0.05) is 18.7 Å². The molecule has 0 bridgehead atoms. The molecule has 1 aliphatic rings. The fourth-order valence-electron chi connectivity index (χ4n) is 3.04. The zero-order chi connectivity index (χ0) is 17.8. The summed E-state index contributed by atoms with van der Waals surface area (Å²) in [5, 5.41) is 2.91. The summed E-state index contributed by atoms with van der Waals surface area (Å²) < 4.78 is 5.61. The van der Waals surface area contributed by atoms with Crippen LogP contribution in [0.5, 0.6) is 5.75 Å². The number of amides is 2. The number of ether oxygens (including phenoxy) is 1. The molecule has 2 aromatic rings. The molecule has 0 spiro atoms. The summed E-state index contributed by atoms with van der Waals surface area (Å²) in [6.45, 7) is 4.76. The molecule has 3 rings (SSSR count). The number of carbonyl (C=O) groups excluding carboxylic acids is 2. The Morgan fingerprint density at radius 2 is 2.04 bits per heavy atom. The number of para-hydroxylation sites is 2. The standard InChI is InChI=1S/C20H22N2O3/c1-3-25-18-10-5-4-9-17(18)22-13-15(12-19(22)23)20(24)21-16-8-6-7-14(2)11-16/h4-11,15H,3,12-13H2,1-2H3,(H,21,24)/t15-/m1/s1. The van der Waals surface area contributed by atoms with E-state index in [2.05, 4.69) is 5.32 Å². The van der Waals surface area contributed by atoms with Gasteiger partial charge >= 0.3 is 0 Å². The molecule has 0 aliphatic carbocycles. The van der Waals surface area contributed by atoms with E-state index in [9.17, 15) is 9.59 Å². The van der Waals surface area contributed by atoms with Crippen LogP contribution in [-0.4, -0.2) is 25.0 Å². The van der Waals surface area contributed by atoms with Gasteiger partial charge in [-0.2, -0.15) is 0 Å². The number of benzene rings is 2. The second-order valence-corrected chi connectivity index (χ2v) is 6.16. The Balaban J connectivity index is 1.73. The van der Waals surface area contributed by atoms with Gasteiger partial charge in [0.25, 0.3) is 0 Å². The Hall–Kier alpha value is -2.82. The molecule has 0 unspecified atom stereocenters. The number of nitrogens with zero attached hydrogens (tertiary/aromatic N) is 1. The first kappa shape index (κ1) is 17.0. The highest BCUT2D eigenvalue weighted by atomic mass is 16.5. The van der Waals surface area contributed by atoms with Crippen LogP contribution in [0.25, 0.3) is 0 Å². The van der Waals surface area contributed by atoms with Crippen LogP contribution in [0.15, 0.2) is 48.5 Å². The smallest absolute Gasteiger partial charge is 0.229 e. The summed E-state index contributed by atoms with van der Waals surface area (Å²) >= 11 is 0. The van der Waals surface area contributed by atoms with Gasteiger partial charge in [-0.3, -0.25) is 9.59 Å². The van der Waals surface area contributed by atoms with Crippen LogP contribution in [-0.2, 0) is 9.59 Å². The number of anilines is 2. The van der Waals surface area contributed by atoms with Crippen LogP contribution in [0.2, 0.25) is 0 Å². The second-order valence-electron chi connectivity index (χ2n) is 6.16. The lowest BCUT2D eigenvalue weighted by Gasteiger charge is -2.20. The Bertz CT molecular complexity index is 788. The van der Waals surface area contributed by atoms with E-state index in [0.717, 1.165) is 16.9 Å². The van der Waals surface area contributed by atoms with Crippen molar-refractivity contribution in [1.29, 1.82) is 0 Å². The van der Waals surface area contributed by atoms with Gasteiger partial charge in [0.05, 0.1) is 18.2 Å². The number of nitrogens with one attached hydrogen (secondary N) is 1. The summed E-state index contributed by atoms with van der Waals surface area (Å²) in [5.74, 6) is 0.104. The average Bonchev–Trinajstić information content (AvgIpc) is 2.97. The lowest BCUT2D eigenvalue weighted by Crippen LogP contribution is -2.28. The quantitative estimate of drug-likeness (QED) is 0.909. The Morgan fingerprint density at radius 1 is 1.24 bits per heavy atom. The largest absolute Gasteiger partial charge is 0.492 e. The van der Waals surface area contributed by atoms with Crippen LogP contribution in [0.3, 0.4) is 0 Å². The fourth-order valence-corrected chi connectivity index (χ4v) is 3.04. The molecular weight excluding hydrogens is 316 g/mol. The van der Waals surface area contributed by atoms with Gasteiger partial charge in [-0.15, -0.1) is 0 Å². The molecule has 1 fully saturated rings. The molecule has 0 aromatic heterocycles. The lowest BCUT2D eigenvalue weighted by atomic mass is 10.1. The van der Waals surface area contributed by atoms with Crippen molar-refractivity contribution in [2.75, 3.05) is 23.4 Å². The Kier molecular flexibility index (Phi) is 5.03. The molecule has 2 aromatic carbocycles. The van der Waals surface area contributed by atoms with Crippen LogP contribution >= 0.6 is 0 Å². The third-order valence-corrected chi connectivity index (χ3v) is 4.24. The first-order valence-corrected chi connectivity index (χ1v) is 8.48. The minimum Gasteiger partial charge on any atom is -0.492 e. The van der Waals surface area contributed by atoms with Crippen molar-refractivity contribution in [3.63, 3.8) is 0 Å². The number of carbonyl (C=O) groups is 2. The molecule has 5 heteroatoms. The van der Waals surface area contributed by atoms with Crippen LogP contribution in [0.1, 0.15) is 18.9 Å². The van der Waals surface area contributed by atoms with Crippen molar-refractivity contribution in [2.24, 2.45) is 5.92 Å². The van der Waals surface area contributed by atoms with Crippen molar-refractivity contribution in [3.05, 3.63) is 54.1 Å².